The normalized spacial score (nSPS) is 22.2. The van der Waals surface area contributed by atoms with Crippen LogP contribution in [-0.2, 0) is 0 Å². The van der Waals surface area contributed by atoms with Crippen LogP contribution in [0.5, 0.6) is 5.75 Å². The fourth-order valence-electron chi connectivity index (χ4n) is 4.03. The highest BCUT2D eigenvalue weighted by Gasteiger charge is 2.37. The summed E-state index contributed by atoms with van der Waals surface area (Å²) in [6, 6.07) is 1.12. The molecule has 1 fully saturated rings. The first-order valence-corrected chi connectivity index (χ1v) is 9.35. The van der Waals surface area contributed by atoms with Crippen molar-refractivity contribution in [2.75, 3.05) is 19.6 Å². The van der Waals surface area contributed by atoms with Crippen molar-refractivity contribution in [3.63, 3.8) is 0 Å². The summed E-state index contributed by atoms with van der Waals surface area (Å²) < 4.78 is 42.8. The standard InChI is InChI=1S/C18H20BF3N4O3/c1-10-3-5-26(17(27)25-9-18(20,21)22)8-13(10)12-6-19(28)29-14-7-24-16-11(15(12)14)2-4-23-16/h2,4,6-7,10,13,28H,3,5,8-9H2,1H3,(H,23,24)(H,25,27)/t10?,13-/m1/s1. The third kappa shape index (κ3) is 3.91. The number of urea groups is 1. The minimum absolute atomic E-state index is 0.160. The maximum absolute atomic E-state index is 12.4. The molecule has 2 aliphatic heterocycles. The van der Waals surface area contributed by atoms with E-state index in [0.29, 0.717) is 24.4 Å². The molecule has 0 spiro atoms. The van der Waals surface area contributed by atoms with Crippen LogP contribution in [0.25, 0.3) is 16.6 Å². The Morgan fingerprint density at radius 3 is 3.07 bits per heavy atom. The van der Waals surface area contributed by atoms with E-state index in [1.807, 2.05) is 18.3 Å². The van der Waals surface area contributed by atoms with E-state index >= 15 is 0 Å². The number of nitrogens with one attached hydrogen (secondary N) is 2. The number of nitrogens with zero attached hydrogens (tertiary/aromatic N) is 2. The van der Waals surface area contributed by atoms with E-state index in [1.54, 1.807) is 12.2 Å². The number of alkyl halides is 3. The zero-order valence-electron chi connectivity index (χ0n) is 15.7. The number of fused-ring (bicyclic) bond motifs is 3. The highest BCUT2D eigenvalue weighted by Crippen LogP contribution is 2.43. The second-order valence-corrected chi connectivity index (χ2v) is 7.46. The minimum Gasteiger partial charge on any atom is -0.531 e. The van der Waals surface area contributed by atoms with Gasteiger partial charge in [0.15, 0.2) is 0 Å². The van der Waals surface area contributed by atoms with E-state index in [9.17, 15) is 23.0 Å². The van der Waals surface area contributed by atoms with Crippen LogP contribution in [0.2, 0.25) is 0 Å². The quantitative estimate of drug-likeness (QED) is 0.667. The number of hydrogen-bond acceptors (Lipinski definition) is 4. The number of aromatic amines is 1. The number of halogens is 3. The lowest BCUT2D eigenvalue weighted by Gasteiger charge is -2.39. The first kappa shape index (κ1) is 19.6. The van der Waals surface area contributed by atoms with Crippen molar-refractivity contribution in [2.24, 2.45) is 11.8 Å². The van der Waals surface area contributed by atoms with E-state index in [4.69, 9.17) is 4.65 Å². The number of H-pyrrole nitrogens is 1. The van der Waals surface area contributed by atoms with Crippen LogP contribution in [-0.4, -0.2) is 58.9 Å². The monoisotopic (exact) mass is 408 g/mol. The molecule has 2 aromatic heterocycles. The van der Waals surface area contributed by atoms with Gasteiger partial charge in [0.1, 0.15) is 17.9 Å². The molecular formula is C18H20BF3N4O3. The lowest BCUT2D eigenvalue weighted by Crippen LogP contribution is -2.49. The molecule has 2 aromatic rings. The van der Waals surface area contributed by atoms with Crippen molar-refractivity contribution >= 4 is 29.8 Å². The van der Waals surface area contributed by atoms with Crippen molar-refractivity contribution in [1.82, 2.24) is 20.2 Å². The van der Waals surface area contributed by atoms with Crippen molar-refractivity contribution in [3.8, 4) is 5.75 Å². The molecule has 0 saturated carbocycles. The number of carbonyl (C=O) groups is 1. The van der Waals surface area contributed by atoms with E-state index in [-0.39, 0.29) is 18.4 Å². The minimum atomic E-state index is -4.46. The average Bonchev–Trinajstić information content (AvgIpc) is 3.14. The van der Waals surface area contributed by atoms with Crippen LogP contribution in [0.4, 0.5) is 18.0 Å². The lowest BCUT2D eigenvalue weighted by atomic mass is 9.72. The summed E-state index contributed by atoms with van der Waals surface area (Å²) in [6.07, 6.45) is -0.542. The number of piperidine rings is 1. The number of likely N-dealkylation sites (tertiary alicyclic amines) is 1. The zero-order chi connectivity index (χ0) is 20.8. The Bertz CT molecular complexity index is 961. The lowest BCUT2D eigenvalue weighted by molar-refractivity contribution is -0.123. The van der Waals surface area contributed by atoms with Gasteiger partial charge in [-0.25, -0.2) is 9.78 Å². The summed E-state index contributed by atoms with van der Waals surface area (Å²) in [4.78, 5) is 21.0. The van der Waals surface area contributed by atoms with Crippen molar-refractivity contribution in [2.45, 2.75) is 19.5 Å². The van der Waals surface area contributed by atoms with Crippen LogP contribution in [0, 0.1) is 11.8 Å². The number of amides is 2. The molecule has 11 heteroatoms. The molecule has 154 valence electrons. The molecule has 0 radical (unpaired) electrons. The Labute approximate surface area is 165 Å². The number of rotatable bonds is 2. The highest BCUT2D eigenvalue weighted by atomic mass is 19.4. The highest BCUT2D eigenvalue weighted by molar-refractivity contribution is 6.52. The van der Waals surface area contributed by atoms with Crippen LogP contribution in [0.15, 0.2) is 24.4 Å². The molecule has 0 aromatic carbocycles. The van der Waals surface area contributed by atoms with E-state index in [0.717, 1.165) is 16.5 Å². The second-order valence-electron chi connectivity index (χ2n) is 7.46. The van der Waals surface area contributed by atoms with Gasteiger partial charge in [0.05, 0.1) is 6.20 Å². The fraction of sp³-hybridized carbons (Fsp3) is 0.444. The molecule has 4 rings (SSSR count). The summed E-state index contributed by atoms with van der Waals surface area (Å²) in [5.74, 6) is 2.03. The topological polar surface area (TPSA) is 90.5 Å². The Morgan fingerprint density at radius 2 is 2.31 bits per heavy atom. The number of aromatic nitrogens is 2. The molecule has 2 aliphatic rings. The largest absolute Gasteiger partial charge is 0.552 e. The summed E-state index contributed by atoms with van der Waals surface area (Å²) in [6.45, 7) is 1.29. The molecule has 2 amide bonds. The maximum atomic E-state index is 12.4. The van der Waals surface area contributed by atoms with Gasteiger partial charge in [-0.1, -0.05) is 6.92 Å². The molecule has 1 saturated heterocycles. The number of carbonyl (C=O) groups excluding carboxylic acids is 1. The van der Waals surface area contributed by atoms with E-state index < -0.39 is 25.9 Å². The van der Waals surface area contributed by atoms with E-state index in [2.05, 4.69) is 9.97 Å². The van der Waals surface area contributed by atoms with Crippen LogP contribution < -0.4 is 9.97 Å². The van der Waals surface area contributed by atoms with E-state index in [1.165, 1.54) is 11.1 Å². The molecule has 7 nitrogen and oxygen atoms in total. The molecule has 0 aliphatic carbocycles. The van der Waals surface area contributed by atoms with Gasteiger partial charge in [0, 0.05) is 36.2 Å². The molecule has 3 N–H and O–H groups in total. The molecule has 1 unspecified atom stereocenters. The van der Waals surface area contributed by atoms with Gasteiger partial charge in [0.25, 0.3) is 0 Å². The van der Waals surface area contributed by atoms with Gasteiger partial charge in [-0.2, -0.15) is 13.2 Å². The SMILES string of the molecule is CC1CCN(C(=O)NCC(F)(F)F)C[C@H]1C1=CB(O)Oc2cnc3[nH]ccc3c21. The number of pyridine rings is 1. The summed E-state index contributed by atoms with van der Waals surface area (Å²) in [5, 5.41) is 12.9. The van der Waals surface area contributed by atoms with Gasteiger partial charge in [-0.05, 0) is 30.0 Å². The Hall–Kier alpha value is -2.69. The van der Waals surface area contributed by atoms with Crippen LogP contribution in [0.1, 0.15) is 18.9 Å². The van der Waals surface area contributed by atoms with Gasteiger partial charge in [-0.15, -0.1) is 0 Å². The predicted octanol–water partition coefficient (Wildman–Crippen LogP) is 2.59. The predicted molar refractivity (Wildman–Crippen MR) is 101 cm³/mol. The smallest absolute Gasteiger partial charge is 0.531 e. The molecule has 0 bridgehead atoms. The van der Waals surface area contributed by atoms with Gasteiger partial charge < -0.3 is 24.9 Å². The first-order chi connectivity index (χ1) is 13.7. The van der Waals surface area contributed by atoms with Crippen molar-refractivity contribution in [1.29, 1.82) is 0 Å². The molecule has 4 heterocycles. The number of hydrogen-bond donors (Lipinski definition) is 3. The Balaban J connectivity index is 1.63. The Kier molecular flexibility index (Phi) is 4.93. The van der Waals surface area contributed by atoms with Crippen molar-refractivity contribution in [3.05, 3.63) is 30.0 Å². The molecular weight excluding hydrogens is 388 g/mol. The fourth-order valence-corrected chi connectivity index (χ4v) is 4.03. The van der Waals surface area contributed by atoms with Gasteiger partial charge in [0.2, 0.25) is 0 Å². The van der Waals surface area contributed by atoms with Gasteiger partial charge >= 0.3 is 19.3 Å². The van der Waals surface area contributed by atoms with Crippen LogP contribution in [0.3, 0.4) is 0 Å². The summed E-state index contributed by atoms with van der Waals surface area (Å²) in [5.41, 5.74) is 2.26. The zero-order valence-corrected chi connectivity index (χ0v) is 15.7. The first-order valence-electron chi connectivity index (χ1n) is 9.35. The second kappa shape index (κ2) is 7.29. The summed E-state index contributed by atoms with van der Waals surface area (Å²) in [7, 11) is -1.16. The molecule has 2 atom stereocenters. The van der Waals surface area contributed by atoms with Crippen LogP contribution >= 0.6 is 0 Å². The third-order valence-electron chi connectivity index (χ3n) is 5.50. The van der Waals surface area contributed by atoms with Crippen molar-refractivity contribution < 1.29 is 27.6 Å². The molecule has 29 heavy (non-hydrogen) atoms. The van der Waals surface area contributed by atoms with Gasteiger partial charge in [-0.3, -0.25) is 0 Å². The third-order valence-corrected chi connectivity index (χ3v) is 5.50. The Morgan fingerprint density at radius 1 is 1.52 bits per heavy atom. The summed E-state index contributed by atoms with van der Waals surface area (Å²) >= 11 is 0. The average molecular weight is 408 g/mol. The maximum Gasteiger partial charge on any atom is 0.552 e.